The zero-order valence-electron chi connectivity index (χ0n) is 14.2. The molecular weight excluding hydrogens is 358 g/mol. The van der Waals surface area contributed by atoms with Crippen molar-refractivity contribution in [2.45, 2.75) is 50.1 Å². The van der Waals surface area contributed by atoms with Crippen LogP contribution in [-0.2, 0) is 4.79 Å². The van der Waals surface area contributed by atoms with Gasteiger partial charge in [0.2, 0.25) is 11.1 Å². The first-order valence-electron chi connectivity index (χ1n) is 8.44. The highest BCUT2D eigenvalue weighted by Gasteiger charge is 2.22. The van der Waals surface area contributed by atoms with Crippen LogP contribution in [0.4, 0.5) is 5.69 Å². The lowest BCUT2D eigenvalue weighted by Gasteiger charge is -2.20. The molecule has 0 spiro atoms. The van der Waals surface area contributed by atoms with E-state index in [0.29, 0.717) is 16.1 Å². The minimum absolute atomic E-state index is 0.127. The molecule has 1 fully saturated rings. The maximum Gasteiger partial charge on any atom is 0.234 e. The molecule has 134 valence electrons. The van der Waals surface area contributed by atoms with Crippen molar-refractivity contribution in [1.29, 1.82) is 0 Å². The van der Waals surface area contributed by atoms with Gasteiger partial charge in [-0.15, -0.1) is 10.2 Å². The summed E-state index contributed by atoms with van der Waals surface area (Å²) in [5.41, 5.74) is 1.57. The number of thioether (sulfide) groups is 1. The smallest absolute Gasteiger partial charge is 0.234 e. The van der Waals surface area contributed by atoms with Crippen LogP contribution in [0.15, 0.2) is 23.4 Å². The molecule has 0 atom stereocenters. The summed E-state index contributed by atoms with van der Waals surface area (Å²) in [6, 6.07) is 5.44. The van der Waals surface area contributed by atoms with E-state index < -0.39 is 0 Å². The van der Waals surface area contributed by atoms with Gasteiger partial charge >= 0.3 is 0 Å². The van der Waals surface area contributed by atoms with Crippen molar-refractivity contribution in [2.75, 3.05) is 16.9 Å². The lowest BCUT2D eigenvalue weighted by Crippen LogP contribution is -2.20. The molecule has 0 unspecified atom stereocenters. The molecular formula is C17H22ClN5OS. The van der Waals surface area contributed by atoms with Gasteiger partial charge in [-0.05, 0) is 37.5 Å². The van der Waals surface area contributed by atoms with Gasteiger partial charge in [-0.1, -0.05) is 48.7 Å². The van der Waals surface area contributed by atoms with Gasteiger partial charge in [0.1, 0.15) is 0 Å². The van der Waals surface area contributed by atoms with E-state index in [1.54, 1.807) is 10.7 Å². The summed E-state index contributed by atoms with van der Waals surface area (Å²) in [5.74, 6) is 7.43. The first kappa shape index (κ1) is 18.1. The van der Waals surface area contributed by atoms with Crippen molar-refractivity contribution in [3.63, 3.8) is 0 Å². The summed E-state index contributed by atoms with van der Waals surface area (Å²) in [7, 11) is 0. The number of halogens is 1. The van der Waals surface area contributed by atoms with E-state index in [1.165, 1.54) is 31.0 Å². The third-order valence-electron chi connectivity index (χ3n) is 4.54. The standard InChI is InChI=1S/C17H22ClN5OS/c1-11-13(18)8-5-9-14(11)20-15(24)10-25-17-22-21-16(23(17)19)12-6-3-2-4-7-12/h5,8-9,12H,2-4,6-7,10,19H2,1H3,(H,20,24). The molecule has 3 N–H and O–H groups in total. The van der Waals surface area contributed by atoms with E-state index in [1.807, 2.05) is 19.1 Å². The van der Waals surface area contributed by atoms with Gasteiger partial charge in [0.05, 0.1) is 5.75 Å². The third-order valence-corrected chi connectivity index (χ3v) is 5.89. The molecule has 1 aliphatic rings. The number of nitrogens with one attached hydrogen (secondary N) is 1. The first-order chi connectivity index (χ1) is 12.1. The first-order valence-corrected chi connectivity index (χ1v) is 9.80. The Kier molecular flexibility index (Phi) is 5.86. The Labute approximate surface area is 156 Å². The molecule has 1 heterocycles. The van der Waals surface area contributed by atoms with Gasteiger partial charge in [-0.3, -0.25) is 4.79 Å². The van der Waals surface area contributed by atoms with Crippen LogP contribution in [0.1, 0.15) is 49.4 Å². The maximum absolute atomic E-state index is 12.2. The Hall–Kier alpha value is -1.73. The van der Waals surface area contributed by atoms with Crippen LogP contribution in [0.5, 0.6) is 0 Å². The fourth-order valence-electron chi connectivity index (χ4n) is 3.09. The predicted octanol–water partition coefficient (Wildman–Crippen LogP) is 3.73. The van der Waals surface area contributed by atoms with Gasteiger partial charge in [0.25, 0.3) is 0 Å². The minimum atomic E-state index is -0.127. The quantitative estimate of drug-likeness (QED) is 0.610. The van der Waals surface area contributed by atoms with E-state index >= 15 is 0 Å². The number of hydrogen-bond donors (Lipinski definition) is 2. The number of carbonyl (C=O) groups excluding carboxylic acids is 1. The van der Waals surface area contributed by atoms with E-state index in [2.05, 4.69) is 15.5 Å². The summed E-state index contributed by atoms with van der Waals surface area (Å²) in [6.45, 7) is 1.87. The molecule has 6 nitrogen and oxygen atoms in total. The fraction of sp³-hybridized carbons (Fsp3) is 0.471. The van der Waals surface area contributed by atoms with Gasteiger partial charge in [-0.25, -0.2) is 4.68 Å². The van der Waals surface area contributed by atoms with Crippen molar-refractivity contribution in [1.82, 2.24) is 14.9 Å². The summed E-state index contributed by atoms with van der Waals surface area (Å²) in [5, 5.41) is 12.5. The highest BCUT2D eigenvalue weighted by molar-refractivity contribution is 7.99. The molecule has 1 aliphatic carbocycles. The predicted molar refractivity (Wildman–Crippen MR) is 102 cm³/mol. The van der Waals surface area contributed by atoms with E-state index in [9.17, 15) is 4.79 Å². The second-order valence-corrected chi connectivity index (χ2v) is 7.64. The van der Waals surface area contributed by atoms with Crippen molar-refractivity contribution in [2.24, 2.45) is 0 Å². The summed E-state index contributed by atoms with van der Waals surface area (Å²) in [4.78, 5) is 12.2. The number of hydrogen-bond acceptors (Lipinski definition) is 5. The van der Waals surface area contributed by atoms with Gasteiger partial charge in [-0.2, -0.15) is 0 Å². The molecule has 1 amide bonds. The van der Waals surface area contributed by atoms with Crippen LogP contribution in [0.3, 0.4) is 0 Å². The Bertz CT molecular complexity index is 757. The third kappa shape index (κ3) is 4.27. The lowest BCUT2D eigenvalue weighted by atomic mass is 9.89. The molecule has 1 saturated carbocycles. The number of nitrogens with zero attached hydrogens (tertiary/aromatic N) is 3. The molecule has 0 saturated heterocycles. The number of benzene rings is 1. The Morgan fingerprint density at radius 3 is 2.88 bits per heavy atom. The Morgan fingerprint density at radius 2 is 2.12 bits per heavy atom. The van der Waals surface area contributed by atoms with Crippen LogP contribution in [0.25, 0.3) is 0 Å². The molecule has 25 heavy (non-hydrogen) atoms. The average Bonchev–Trinajstić information content (AvgIpc) is 2.99. The van der Waals surface area contributed by atoms with Gasteiger partial charge in [0, 0.05) is 16.6 Å². The number of anilines is 1. The highest BCUT2D eigenvalue weighted by Crippen LogP contribution is 2.32. The topological polar surface area (TPSA) is 85.8 Å². The number of aromatic nitrogens is 3. The van der Waals surface area contributed by atoms with E-state index in [4.69, 9.17) is 17.4 Å². The van der Waals surface area contributed by atoms with Crippen LogP contribution < -0.4 is 11.2 Å². The Morgan fingerprint density at radius 1 is 1.36 bits per heavy atom. The van der Waals surface area contributed by atoms with Crippen LogP contribution in [0.2, 0.25) is 5.02 Å². The number of nitrogens with two attached hydrogens (primary N) is 1. The Balaban J connectivity index is 1.59. The molecule has 0 bridgehead atoms. The average molecular weight is 380 g/mol. The van der Waals surface area contributed by atoms with Gasteiger partial charge < -0.3 is 11.2 Å². The number of carbonyl (C=O) groups is 1. The molecule has 8 heteroatoms. The molecule has 0 aliphatic heterocycles. The van der Waals surface area contributed by atoms with Crippen molar-refractivity contribution in [3.05, 3.63) is 34.6 Å². The van der Waals surface area contributed by atoms with Crippen molar-refractivity contribution < 1.29 is 4.79 Å². The summed E-state index contributed by atoms with van der Waals surface area (Å²) in [6.07, 6.45) is 5.91. The fourth-order valence-corrected chi connectivity index (χ4v) is 3.92. The van der Waals surface area contributed by atoms with Gasteiger partial charge in [0.15, 0.2) is 5.82 Å². The maximum atomic E-state index is 12.2. The molecule has 3 rings (SSSR count). The van der Waals surface area contributed by atoms with Crippen LogP contribution in [-0.4, -0.2) is 26.5 Å². The SMILES string of the molecule is Cc1c(Cl)cccc1NC(=O)CSc1nnc(C2CCCCC2)n1N. The molecule has 1 aromatic carbocycles. The zero-order chi connectivity index (χ0) is 17.8. The summed E-state index contributed by atoms with van der Waals surface area (Å²) < 4.78 is 1.54. The second-order valence-electron chi connectivity index (χ2n) is 6.29. The number of rotatable bonds is 5. The second kappa shape index (κ2) is 8.10. The van der Waals surface area contributed by atoms with Crippen LogP contribution >= 0.6 is 23.4 Å². The molecule has 1 aromatic heterocycles. The summed E-state index contributed by atoms with van der Waals surface area (Å²) >= 11 is 7.36. The monoisotopic (exact) mass is 379 g/mol. The van der Waals surface area contributed by atoms with E-state index in [-0.39, 0.29) is 11.7 Å². The van der Waals surface area contributed by atoms with E-state index in [0.717, 1.165) is 29.9 Å². The number of amides is 1. The van der Waals surface area contributed by atoms with Crippen molar-refractivity contribution >= 4 is 35.0 Å². The minimum Gasteiger partial charge on any atom is -0.336 e. The molecule has 0 radical (unpaired) electrons. The number of nitrogen functional groups attached to an aromatic ring is 1. The zero-order valence-corrected chi connectivity index (χ0v) is 15.7. The highest BCUT2D eigenvalue weighted by atomic mass is 35.5. The van der Waals surface area contributed by atoms with Crippen LogP contribution in [0, 0.1) is 6.92 Å². The normalized spacial score (nSPS) is 15.3. The molecule has 2 aromatic rings. The lowest BCUT2D eigenvalue weighted by molar-refractivity contribution is -0.113. The van der Waals surface area contributed by atoms with Crippen molar-refractivity contribution in [3.8, 4) is 0 Å². The largest absolute Gasteiger partial charge is 0.336 e.